The number of hydrogen-bond donors (Lipinski definition) is 1. The number of carbonyl (C=O) groups is 2. The molecular formula is C24H22N2O3S. The summed E-state index contributed by atoms with van der Waals surface area (Å²) in [5.74, 6) is -0.392. The lowest BCUT2D eigenvalue weighted by Gasteiger charge is -2.23. The van der Waals surface area contributed by atoms with Gasteiger partial charge in [-0.05, 0) is 67.0 Å². The lowest BCUT2D eigenvalue weighted by Crippen LogP contribution is -2.32. The summed E-state index contributed by atoms with van der Waals surface area (Å²) < 4.78 is 4.84. The van der Waals surface area contributed by atoms with Gasteiger partial charge in [0.1, 0.15) is 4.88 Å². The lowest BCUT2D eigenvalue weighted by molar-refractivity contribution is 0.0606. The summed E-state index contributed by atoms with van der Waals surface area (Å²) in [6.45, 7) is 2.61. The third-order valence-electron chi connectivity index (χ3n) is 5.33. The van der Waals surface area contributed by atoms with Crippen LogP contribution in [0.3, 0.4) is 0 Å². The van der Waals surface area contributed by atoms with Gasteiger partial charge < -0.3 is 15.4 Å². The summed E-state index contributed by atoms with van der Waals surface area (Å²) in [7, 11) is 1.38. The first kappa shape index (κ1) is 19.9. The molecule has 0 bridgehead atoms. The first-order valence-corrected chi connectivity index (χ1v) is 10.5. The number of fused-ring (bicyclic) bond motifs is 1. The molecule has 1 aromatic heterocycles. The van der Waals surface area contributed by atoms with Crippen molar-refractivity contribution in [2.45, 2.75) is 13.3 Å². The predicted molar refractivity (Wildman–Crippen MR) is 122 cm³/mol. The van der Waals surface area contributed by atoms with E-state index in [1.807, 2.05) is 35.2 Å². The summed E-state index contributed by atoms with van der Waals surface area (Å²) in [5.41, 5.74) is 11.1. The quantitative estimate of drug-likeness (QED) is 0.475. The Morgan fingerprint density at radius 2 is 1.77 bits per heavy atom. The zero-order chi connectivity index (χ0) is 21.3. The second kappa shape index (κ2) is 8.16. The van der Waals surface area contributed by atoms with Gasteiger partial charge in [-0.2, -0.15) is 0 Å². The molecule has 1 aliphatic heterocycles. The van der Waals surface area contributed by atoms with Crippen molar-refractivity contribution in [2.24, 2.45) is 0 Å². The number of carbonyl (C=O) groups excluding carboxylic acids is 2. The third kappa shape index (κ3) is 3.62. The molecule has 0 radical (unpaired) electrons. The van der Waals surface area contributed by atoms with Crippen molar-refractivity contribution in [3.63, 3.8) is 0 Å². The summed E-state index contributed by atoms with van der Waals surface area (Å²) in [6, 6.07) is 18.7. The lowest BCUT2D eigenvalue weighted by atomic mass is 9.98. The van der Waals surface area contributed by atoms with Crippen LogP contribution in [0.25, 0.3) is 11.1 Å². The molecule has 0 saturated heterocycles. The van der Waals surface area contributed by atoms with E-state index in [1.54, 1.807) is 30.3 Å². The van der Waals surface area contributed by atoms with Crippen molar-refractivity contribution in [1.29, 1.82) is 0 Å². The molecule has 0 fully saturated rings. The Labute approximate surface area is 179 Å². The van der Waals surface area contributed by atoms with Crippen molar-refractivity contribution in [3.8, 4) is 0 Å². The summed E-state index contributed by atoms with van der Waals surface area (Å²) >= 11 is 1.42. The molecule has 5 nitrogen and oxygen atoms in total. The Kier molecular flexibility index (Phi) is 5.42. The minimum Gasteiger partial charge on any atom is -0.465 e. The van der Waals surface area contributed by atoms with E-state index >= 15 is 0 Å². The second-order valence-corrected chi connectivity index (χ2v) is 8.19. The maximum atomic E-state index is 13.3. The van der Waals surface area contributed by atoms with Crippen LogP contribution < -0.4 is 10.6 Å². The van der Waals surface area contributed by atoms with Gasteiger partial charge in [0, 0.05) is 28.2 Å². The van der Waals surface area contributed by atoms with Gasteiger partial charge >= 0.3 is 5.97 Å². The van der Waals surface area contributed by atoms with Crippen molar-refractivity contribution >= 4 is 45.7 Å². The third-order valence-corrected chi connectivity index (χ3v) is 6.45. The Balaban J connectivity index is 1.74. The standard InChI is InChI=1S/C24H22N2O3S/c1-15-18-5-3-4-6-20(18)26(23(27)16-7-9-17(25)10-8-16)14-13-19(15)21-11-12-22(30-21)24(28)29-2/h3-12H,13-14,25H2,1-2H3. The fourth-order valence-corrected chi connectivity index (χ4v) is 4.79. The molecule has 2 aromatic carbocycles. The number of para-hydroxylation sites is 1. The molecular weight excluding hydrogens is 396 g/mol. The zero-order valence-electron chi connectivity index (χ0n) is 16.8. The van der Waals surface area contributed by atoms with Gasteiger partial charge in [-0.3, -0.25) is 4.79 Å². The monoisotopic (exact) mass is 418 g/mol. The Morgan fingerprint density at radius 1 is 1.03 bits per heavy atom. The van der Waals surface area contributed by atoms with E-state index in [4.69, 9.17) is 10.5 Å². The SMILES string of the molecule is COC(=O)c1ccc(C2=C(C)c3ccccc3N(C(=O)c3ccc(N)cc3)CC2)s1. The van der Waals surface area contributed by atoms with Gasteiger partial charge in [0.2, 0.25) is 0 Å². The summed E-state index contributed by atoms with van der Waals surface area (Å²) in [4.78, 5) is 28.6. The molecule has 3 aromatic rings. The largest absolute Gasteiger partial charge is 0.465 e. The van der Waals surface area contributed by atoms with Gasteiger partial charge in [-0.15, -0.1) is 11.3 Å². The van der Waals surface area contributed by atoms with E-state index < -0.39 is 0 Å². The molecule has 4 rings (SSSR count). The fourth-order valence-electron chi connectivity index (χ4n) is 3.73. The van der Waals surface area contributed by atoms with E-state index in [0.29, 0.717) is 29.1 Å². The van der Waals surface area contributed by atoms with Crippen LogP contribution in [0.4, 0.5) is 11.4 Å². The number of anilines is 2. The first-order valence-electron chi connectivity index (χ1n) is 9.64. The highest BCUT2D eigenvalue weighted by Gasteiger charge is 2.26. The highest BCUT2D eigenvalue weighted by molar-refractivity contribution is 7.15. The number of ether oxygens (including phenoxy) is 1. The number of rotatable bonds is 3. The molecule has 0 spiro atoms. The topological polar surface area (TPSA) is 72.6 Å². The molecule has 6 heteroatoms. The molecule has 30 heavy (non-hydrogen) atoms. The molecule has 2 heterocycles. The number of nitrogen functional groups attached to an aromatic ring is 1. The predicted octanol–water partition coefficient (Wildman–Crippen LogP) is 5.10. The summed E-state index contributed by atoms with van der Waals surface area (Å²) in [5, 5.41) is 0. The number of nitrogens with two attached hydrogens (primary N) is 1. The minimum absolute atomic E-state index is 0.0575. The number of thiophene rings is 1. The van der Waals surface area contributed by atoms with Crippen LogP contribution in [0, 0.1) is 0 Å². The maximum absolute atomic E-state index is 13.3. The Bertz CT molecular complexity index is 1150. The molecule has 1 aliphatic rings. The van der Waals surface area contributed by atoms with Gasteiger partial charge in [0.05, 0.1) is 12.8 Å². The van der Waals surface area contributed by atoms with Crippen LogP contribution in [0.1, 0.15) is 43.8 Å². The Hall–Kier alpha value is -3.38. The van der Waals surface area contributed by atoms with Crippen molar-refractivity contribution in [3.05, 3.63) is 81.5 Å². The number of amides is 1. The second-order valence-electron chi connectivity index (χ2n) is 7.10. The Morgan fingerprint density at radius 3 is 2.50 bits per heavy atom. The number of esters is 1. The molecule has 0 unspecified atom stereocenters. The van der Waals surface area contributed by atoms with Crippen LogP contribution in [0.15, 0.2) is 60.7 Å². The molecule has 0 saturated carbocycles. The van der Waals surface area contributed by atoms with Crippen LogP contribution in [-0.2, 0) is 4.74 Å². The number of hydrogen-bond acceptors (Lipinski definition) is 5. The molecule has 0 atom stereocenters. The van der Waals surface area contributed by atoms with Gasteiger partial charge in [-0.25, -0.2) is 4.79 Å². The van der Waals surface area contributed by atoms with E-state index in [-0.39, 0.29) is 11.9 Å². The zero-order valence-corrected chi connectivity index (χ0v) is 17.7. The number of allylic oxidation sites excluding steroid dienone is 1. The number of benzene rings is 2. The highest BCUT2D eigenvalue weighted by atomic mass is 32.1. The van der Waals surface area contributed by atoms with Crippen LogP contribution >= 0.6 is 11.3 Å². The maximum Gasteiger partial charge on any atom is 0.348 e. The van der Waals surface area contributed by atoms with Crippen LogP contribution in [-0.4, -0.2) is 25.5 Å². The molecule has 0 aliphatic carbocycles. The minimum atomic E-state index is -0.335. The highest BCUT2D eigenvalue weighted by Crippen LogP contribution is 2.40. The smallest absolute Gasteiger partial charge is 0.348 e. The van der Waals surface area contributed by atoms with Crippen LogP contribution in [0.2, 0.25) is 0 Å². The van der Waals surface area contributed by atoms with E-state index in [0.717, 1.165) is 27.3 Å². The fraction of sp³-hybridized carbons (Fsp3) is 0.167. The van der Waals surface area contributed by atoms with Crippen molar-refractivity contribution < 1.29 is 14.3 Å². The van der Waals surface area contributed by atoms with E-state index in [9.17, 15) is 9.59 Å². The van der Waals surface area contributed by atoms with E-state index in [2.05, 4.69) is 6.92 Å². The van der Waals surface area contributed by atoms with Crippen molar-refractivity contribution in [1.82, 2.24) is 0 Å². The van der Waals surface area contributed by atoms with Crippen molar-refractivity contribution in [2.75, 3.05) is 24.3 Å². The normalized spacial score (nSPS) is 13.6. The summed E-state index contributed by atoms with van der Waals surface area (Å²) in [6.07, 6.45) is 0.683. The average molecular weight is 419 g/mol. The molecule has 152 valence electrons. The first-order chi connectivity index (χ1) is 14.5. The van der Waals surface area contributed by atoms with Crippen LogP contribution in [0.5, 0.6) is 0 Å². The average Bonchev–Trinajstić information content (AvgIpc) is 3.20. The number of methoxy groups -OCH3 is 1. The van der Waals surface area contributed by atoms with E-state index in [1.165, 1.54) is 18.4 Å². The van der Waals surface area contributed by atoms with Gasteiger partial charge in [0.25, 0.3) is 5.91 Å². The molecule has 1 amide bonds. The van der Waals surface area contributed by atoms with Gasteiger partial charge in [-0.1, -0.05) is 18.2 Å². The molecule has 2 N–H and O–H groups in total. The van der Waals surface area contributed by atoms with Gasteiger partial charge in [0.15, 0.2) is 0 Å². The number of nitrogens with zero attached hydrogens (tertiary/aromatic N) is 1.